The lowest BCUT2D eigenvalue weighted by molar-refractivity contribution is -0.118. The predicted molar refractivity (Wildman–Crippen MR) is 99.0 cm³/mol. The van der Waals surface area contributed by atoms with Crippen molar-refractivity contribution in [2.24, 2.45) is 0 Å². The second-order valence-electron chi connectivity index (χ2n) is 5.53. The number of benzene rings is 2. The molecule has 0 bridgehead atoms. The fraction of sp³-hybridized carbons (Fsp3) is 0.263. The van der Waals surface area contributed by atoms with Gasteiger partial charge in [0.1, 0.15) is 0 Å². The normalized spacial score (nSPS) is 10.2. The first kappa shape index (κ1) is 18.1. The van der Waals surface area contributed by atoms with Crippen LogP contribution in [0.2, 0.25) is 0 Å². The zero-order chi connectivity index (χ0) is 17.4. The number of amides is 2. The van der Waals surface area contributed by atoms with Gasteiger partial charge in [0.05, 0.1) is 5.75 Å². The minimum atomic E-state index is -0.113. The number of nitrogens with one attached hydrogen (secondary N) is 2. The summed E-state index contributed by atoms with van der Waals surface area (Å²) >= 11 is 1.60. The van der Waals surface area contributed by atoms with Gasteiger partial charge >= 0.3 is 0 Å². The molecular formula is C19H22N2O2S. The molecule has 0 radical (unpaired) electrons. The second-order valence-corrected chi connectivity index (χ2v) is 6.52. The van der Waals surface area contributed by atoms with E-state index >= 15 is 0 Å². The Labute approximate surface area is 147 Å². The van der Waals surface area contributed by atoms with Crippen molar-refractivity contribution >= 4 is 23.6 Å². The molecule has 2 aromatic rings. The van der Waals surface area contributed by atoms with Crippen LogP contribution in [0.1, 0.15) is 27.0 Å². The van der Waals surface area contributed by atoms with Crippen LogP contribution in [0.3, 0.4) is 0 Å². The van der Waals surface area contributed by atoms with Crippen LogP contribution in [0, 0.1) is 6.92 Å². The molecule has 0 saturated carbocycles. The molecular weight excluding hydrogens is 320 g/mol. The Kier molecular flexibility index (Phi) is 6.88. The maximum atomic E-state index is 11.9. The van der Waals surface area contributed by atoms with Gasteiger partial charge in [-0.2, -0.15) is 0 Å². The van der Waals surface area contributed by atoms with Gasteiger partial charge in [-0.1, -0.05) is 42.0 Å². The van der Waals surface area contributed by atoms with Crippen molar-refractivity contribution in [2.75, 3.05) is 12.8 Å². The highest BCUT2D eigenvalue weighted by Gasteiger charge is 2.04. The number of carbonyl (C=O) groups is 2. The highest BCUT2D eigenvalue weighted by atomic mass is 32.2. The summed E-state index contributed by atoms with van der Waals surface area (Å²) in [6.07, 6.45) is 0. The first-order valence-corrected chi connectivity index (χ1v) is 8.95. The Hall–Kier alpha value is -2.27. The largest absolute Gasteiger partial charge is 0.355 e. The van der Waals surface area contributed by atoms with Gasteiger partial charge < -0.3 is 10.6 Å². The van der Waals surface area contributed by atoms with E-state index in [-0.39, 0.29) is 11.8 Å². The lowest BCUT2D eigenvalue weighted by Gasteiger charge is -2.07. The number of hydrogen-bond acceptors (Lipinski definition) is 3. The molecule has 24 heavy (non-hydrogen) atoms. The second kappa shape index (κ2) is 9.13. The molecule has 0 aliphatic heterocycles. The van der Waals surface area contributed by atoms with E-state index in [4.69, 9.17) is 0 Å². The Bertz CT molecular complexity index is 682. The summed E-state index contributed by atoms with van der Waals surface area (Å²) in [4.78, 5) is 23.3. The smallest absolute Gasteiger partial charge is 0.251 e. The molecule has 2 amide bonds. The van der Waals surface area contributed by atoms with E-state index in [9.17, 15) is 9.59 Å². The first-order chi connectivity index (χ1) is 11.6. The molecule has 0 heterocycles. The highest BCUT2D eigenvalue weighted by Crippen LogP contribution is 2.12. The summed E-state index contributed by atoms with van der Waals surface area (Å²) in [7, 11) is 1.60. The lowest BCUT2D eigenvalue weighted by Crippen LogP contribution is -2.24. The monoisotopic (exact) mass is 342 g/mol. The number of rotatable bonds is 7. The van der Waals surface area contributed by atoms with Gasteiger partial charge in [0.15, 0.2) is 0 Å². The summed E-state index contributed by atoms with van der Waals surface area (Å²) in [6.45, 7) is 2.53. The van der Waals surface area contributed by atoms with Crippen LogP contribution in [0.4, 0.5) is 0 Å². The van der Waals surface area contributed by atoms with Crippen LogP contribution < -0.4 is 10.6 Å². The quantitative estimate of drug-likeness (QED) is 0.813. The number of carbonyl (C=O) groups excluding carboxylic acids is 2. The van der Waals surface area contributed by atoms with Gasteiger partial charge in [-0.15, -0.1) is 11.8 Å². The Morgan fingerprint density at radius 2 is 1.58 bits per heavy atom. The van der Waals surface area contributed by atoms with E-state index in [1.807, 2.05) is 12.1 Å². The van der Waals surface area contributed by atoms with Crippen LogP contribution in [0.5, 0.6) is 0 Å². The third-order valence-electron chi connectivity index (χ3n) is 3.56. The topological polar surface area (TPSA) is 58.2 Å². The van der Waals surface area contributed by atoms with Crippen LogP contribution in [-0.4, -0.2) is 24.6 Å². The fourth-order valence-corrected chi connectivity index (χ4v) is 2.93. The van der Waals surface area contributed by atoms with Gasteiger partial charge in [-0.05, 0) is 30.2 Å². The molecule has 126 valence electrons. The Morgan fingerprint density at radius 1 is 0.958 bits per heavy atom. The highest BCUT2D eigenvalue weighted by molar-refractivity contribution is 7.99. The molecule has 2 N–H and O–H groups in total. The van der Waals surface area contributed by atoms with Crippen LogP contribution in [0.25, 0.3) is 0 Å². The summed E-state index contributed by atoms with van der Waals surface area (Å²) in [5.74, 6) is 1.17. The fourth-order valence-electron chi connectivity index (χ4n) is 2.12. The summed E-state index contributed by atoms with van der Waals surface area (Å²) in [5, 5.41) is 5.48. The SMILES string of the molecule is CNC(=O)c1ccc(CNC(=O)CSCc2ccc(C)cc2)cc1. The number of thioether (sulfide) groups is 1. The Balaban J connectivity index is 1.71. The van der Waals surface area contributed by atoms with Crippen molar-refractivity contribution in [3.05, 3.63) is 70.8 Å². The van der Waals surface area contributed by atoms with E-state index in [0.29, 0.717) is 17.9 Å². The summed E-state index contributed by atoms with van der Waals surface area (Å²) < 4.78 is 0. The van der Waals surface area contributed by atoms with Crippen molar-refractivity contribution in [2.45, 2.75) is 19.2 Å². The zero-order valence-corrected chi connectivity index (χ0v) is 14.8. The molecule has 0 saturated heterocycles. The van der Waals surface area contributed by atoms with Crippen molar-refractivity contribution in [3.63, 3.8) is 0 Å². The number of hydrogen-bond donors (Lipinski definition) is 2. The average molecular weight is 342 g/mol. The predicted octanol–water partition coefficient (Wildman–Crippen LogP) is 2.90. The van der Waals surface area contributed by atoms with E-state index in [1.165, 1.54) is 11.1 Å². The van der Waals surface area contributed by atoms with Crippen LogP contribution in [-0.2, 0) is 17.1 Å². The van der Waals surface area contributed by atoms with Gasteiger partial charge in [0.25, 0.3) is 5.91 Å². The van der Waals surface area contributed by atoms with Crippen molar-refractivity contribution in [1.29, 1.82) is 0 Å². The van der Waals surface area contributed by atoms with Gasteiger partial charge in [-0.25, -0.2) is 0 Å². The molecule has 2 rings (SSSR count). The van der Waals surface area contributed by atoms with Crippen LogP contribution in [0.15, 0.2) is 48.5 Å². The summed E-state index contributed by atoms with van der Waals surface area (Å²) in [5.41, 5.74) is 4.05. The van der Waals surface area contributed by atoms with E-state index in [2.05, 4.69) is 41.8 Å². The average Bonchev–Trinajstić information content (AvgIpc) is 2.61. The van der Waals surface area contributed by atoms with Gasteiger partial charge in [-0.3, -0.25) is 9.59 Å². The zero-order valence-electron chi connectivity index (χ0n) is 14.0. The standard InChI is InChI=1S/C19H22N2O2S/c1-14-3-5-16(6-4-14)12-24-13-18(22)21-11-15-7-9-17(10-8-15)19(23)20-2/h3-10H,11-13H2,1-2H3,(H,20,23)(H,21,22). The third kappa shape index (κ3) is 5.74. The molecule has 0 aliphatic rings. The lowest BCUT2D eigenvalue weighted by atomic mass is 10.1. The maximum Gasteiger partial charge on any atom is 0.251 e. The minimum Gasteiger partial charge on any atom is -0.355 e. The molecule has 5 heteroatoms. The van der Waals surface area contributed by atoms with E-state index in [1.54, 1.807) is 30.9 Å². The van der Waals surface area contributed by atoms with Crippen molar-refractivity contribution < 1.29 is 9.59 Å². The van der Waals surface area contributed by atoms with Gasteiger partial charge in [0.2, 0.25) is 5.91 Å². The minimum absolute atomic E-state index is 0.0162. The van der Waals surface area contributed by atoms with E-state index in [0.717, 1.165) is 11.3 Å². The van der Waals surface area contributed by atoms with Crippen LogP contribution >= 0.6 is 11.8 Å². The number of aryl methyl sites for hydroxylation is 1. The first-order valence-electron chi connectivity index (χ1n) is 7.79. The molecule has 0 spiro atoms. The molecule has 0 aromatic heterocycles. The third-order valence-corrected chi connectivity index (χ3v) is 4.56. The molecule has 0 fully saturated rings. The summed E-state index contributed by atoms with van der Waals surface area (Å²) in [6, 6.07) is 15.6. The van der Waals surface area contributed by atoms with E-state index < -0.39 is 0 Å². The molecule has 0 aliphatic carbocycles. The maximum absolute atomic E-state index is 11.9. The molecule has 0 atom stereocenters. The van der Waals surface area contributed by atoms with Crippen molar-refractivity contribution in [3.8, 4) is 0 Å². The van der Waals surface area contributed by atoms with Gasteiger partial charge in [0, 0.05) is 24.9 Å². The van der Waals surface area contributed by atoms with Crippen molar-refractivity contribution in [1.82, 2.24) is 10.6 Å². The molecule has 4 nitrogen and oxygen atoms in total. The molecule has 2 aromatic carbocycles. The molecule has 0 unspecified atom stereocenters. The Morgan fingerprint density at radius 3 is 2.21 bits per heavy atom.